The molecule has 0 bridgehead atoms. The van der Waals surface area contributed by atoms with Crippen LogP contribution in [0.25, 0.3) is 0 Å². The summed E-state index contributed by atoms with van der Waals surface area (Å²) < 4.78 is 0. The zero-order chi connectivity index (χ0) is 8.81. The molecule has 0 N–H and O–H groups in total. The van der Waals surface area contributed by atoms with E-state index in [-0.39, 0.29) is 0 Å². The molecule has 1 saturated carbocycles. The Hall–Kier alpha value is -0.445. The van der Waals surface area contributed by atoms with Gasteiger partial charge in [-0.15, -0.1) is 0 Å². The van der Waals surface area contributed by atoms with Crippen LogP contribution in [0.2, 0.25) is 12.6 Å². The normalized spacial score (nSPS) is 31.3. The molecule has 1 fully saturated rings. The van der Waals surface area contributed by atoms with Crippen LogP contribution in [-0.4, -0.2) is 7.28 Å². The third kappa shape index (κ3) is 2.89. The molecule has 1 radical (unpaired) electrons. The maximum absolute atomic E-state index is 8.81. The van der Waals surface area contributed by atoms with Crippen molar-refractivity contribution in [2.45, 2.75) is 51.2 Å². The summed E-state index contributed by atoms with van der Waals surface area (Å²) in [6.45, 7) is 2.15. The predicted octanol–water partition coefficient (Wildman–Crippen LogP) is 3.02. The highest BCUT2D eigenvalue weighted by atomic mass is 14.3. The van der Waals surface area contributed by atoms with E-state index in [1.807, 2.05) is 0 Å². The lowest BCUT2D eigenvalue weighted by Crippen LogP contribution is -2.08. The van der Waals surface area contributed by atoms with Crippen molar-refractivity contribution < 1.29 is 0 Å². The van der Waals surface area contributed by atoms with Crippen LogP contribution in [0.4, 0.5) is 0 Å². The summed E-state index contributed by atoms with van der Waals surface area (Å²) in [5.74, 6) is 1.12. The van der Waals surface area contributed by atoms with Crippen molar-refractivity contribution in [3.05, 3.63) is 0 Å². The van der Waals surface area contributed by atoms with Crippen molar-refractivity contribution in [2.24, 2.45) is 5.92 Å². The molecule has 0 heterocycles. The van der Waals surface area contributed by atoms with Gasteiger partial charge in [0.25, 0.3) is 0 Å². The van der Waals surface area contributed by atoms with Gasteiger partial charge in [-0.25, -0.2) is 0 Å². The van der Waals surface area contributed by atoms with E-state index in [1.54, 1.807) is 0 Å². The smallest absolute Gasteiger partial charge is 0.110 e. The first-order valence-electron chi connectivity index (χ1n) is 5.06. The van der Waals surface area contributed by atoms with Crippen molar-refractivity contribution >= 4 is 7.28 Å². The van der Waals surface area contributed by atoms with Gasteiger partial charge in [0.2, 0.25) is 0 Å². The van der Waals surface area contributed by atoms with E-state index < -0.39 is 0 Å². The van der Waals surface area contributed by atoms with Gasteiger partial charge in [-0.1, -0.05) is 38.3 Å². The maximum Gasteiger partial charge on any atom is 0.110 e. The van der Waals surface area contributed by atoms with Gasteiger partial charge in [-0.05, 0) is 12.8 Å². The summed E-state index contributed by atoms with van der Waals surface area (Å²) >= 11 is 0. The lowest BCUT2D eigenvalue weighted by atomic mass is 9.61. The summed E-state index contributed by atoms with van der Waals surface area (Å²) in [4.78, 5) is 0. The fourth-order valence-electron chi connectivity index (χ4n) is 1.96. The molecule has 2 atom stereocenters. The van der Waals surface area contributed by atoms with Crippen molar-refractivity contribution in [3.63, 3.8) is 0 Å². The molecule has 1 rings (SSSR count). The van der Waals surface area contributed by atoms with Crippen molar-refractivity contribution in [1.29, 1.82) is 5.26 Å². The van der Waals surface area contributed by atoms with E-state index in [2.05, 4.69) is 20.2 Å². The highest BCUT2D eigenvalue weighted by molar-refractivity contribution is 6.35. The third-order valence-corrected chi connectivity index (χ3v) is 2.92. The van der Waals surface area contributed by atoms with Gasteiger partial charge in [0.1, 0.15) is 7.28 Å². The molecule has 0 aromatic rings. The minimum Gasteiger partial charge on any atom is -0.198 e. The standard InChI is InChI=1S/C10H17BN/c1-11-10-5-3-2-4-9(8-12)6-7-10/h9-10H,2-7H2,1H3. The Labute approximate surface area is 76.4 Å². The van der Waals surface area contributed by atoms with E-state index in [0.717, 1.165) is 18.7 Å². The summed E-state index contributed by atoms with van der Waals surface area (Å²) in [6, 6.07) is 2.40. The second kappa shape index (κ2) is 5.24. The molecule has 2 heteroatoms. The first-order chi connectivity index (χ1) is 5.86. The van der Waals surface area contributed by atoms with Crippen molar-refractivity contribution in [3.8, 4) is 6.07 Å². The van der Waals surface area contributed by atoms with Gasteiger partial charge in [0.15, 0.2) is 0 Å². The highest BCUT2D eigenvalue weighted by Crippen LogP contribution is 2.28. The molecule has 0 aromatic carbocycles. The number of rotatable bonds is 1. The molecular formula is C10H17BN. The monoisotopic (exact) mass is 162 g/mol. The summed E-state index contributed by atoms with van der Waals surface area (Å²) in [6.07, 6.45) is 7.39. The van der Waals surface area contributed by atoms with E-state index in [9.17, 15) is 0 Å². The lowest BCUT2D eigenvalue weighted by Gasteiger charge is -2.19. The van der Waals surface area contributed by atoms with Gasteiger partial charge < -0.3 is 0 Å². The predicted molar refractivity (Wildman–Crippen MR) is 52.2 cm³/mol. The molecule has 0 spiro atoms. The molecule has 65 valence electrons. The fourth-order valence-corrected chi connectivity index (χ4v) is 1.96. The minimum atomic E-state index is 0.341. The van der Waals surface area contributed by atoms with Crippen LogP contribution in [-0.2, 0) is 0 Å². The molecule has 2 unspecified atom stereocenters. The highest BCUT2D eigenvalue weighted by Gasteiger charge is 2.15. The molecule has 1 aliphatic carbocycles. The van der Waals surface area contributed by atoms with E-state index >= 15 is 0 Å². The van der Waals surface area contributed by atoms with Crippen molar-refractivity contribution in [2.75, 3.05) is 0 Å². The minimum absolute atomic E-state index is 0.341. The molecule has 1 aliphatic rings. The maximum atomic E-state index is 8.81. The average Bonchev–Trinajstić information content (AvgIpc) is 2.05. The number of hydrogen-bond donors (Lipinski definition) is 0. The van der Waals surface area contributed by atoms with Crippen LogP contribution in [0.3, 0.4) is 0 Å². The van der Waals surface area contributed by atoms with Gasteiger partial charge >= 0.3 is 0 Å². The largest absolute Gasteiger partial charge is 0.198 e. The molecular weight excluding hydrogens is 145 g/mol. The van der Waals surface area contributed by atoms with Crippen LogP contribution in [0.5, 0.6) is 0 Å². The Balaban J connectivity index is 2.34. The number of nitrogens with zero attached hydrogens (tertiary/aromatic N) is 1. The van der Waals surface area contributed by atoms with E-state index in [1.165, 1.54) is 25.7 Å². The molecule has 12 heavy (non-hydrogen) atoms. The second-order valence-corrected chi connectivity index (χ2v) is 3.78. The van der Waals surface area contributed by atoms with E-state index in [4.69, 9.17) is 5.26 Å². The van der Waals surface area contributed by atoms with Gasteiger partial charge in [-0.3, -0.25) is 0 Å². The Kier molecular flexibility index (Phi) is 4.21. The third-order valence-electron chi connectivity index (χ3n) is 2.92. The quantitative estimate of drug-likeness (QED) is 0.543. The van der Waals surface area contributed by atoms with Gasteiger partial charge in [0, 0.05) is 5.92 Å². The molecule has 1 nitrogen and oxygen atoms in total. The van der Waals surface area contributed by atoms with Crippen LogP contribution in [0.1, 0.15) is 38.5 Å². The second-order valence-electron chi connectivity index (χ2n) is 3.78. The Bertz CT molecular complexity index is 162. The topological polar surface area (TPSA) is 23.8 Å². The SMILES string of the molecule is C[B]C1CCCCC(C#N)CC1. The zero-order valence-electron chi connectivity index (χ0n) is 7.92. The molecule has 0 saturated heterocycles. The molecule has 0 aromatic heterocycles. The molecule has 0 aliphatic heterocycles. The molecule has 0 amide bonds. The van der Waals surface area contributed by atoms with Crippen molar-refractivity contribution in [1.82, 2.24) is 0 Å². The van der Waals surface area contributed by atoms with Gasteiger partial charge in [-0.2, -0.15) is 5.26 Å². The average molecular weight is 162 g/mol. The fraction of sp³-hybridized carbons (Fsp3) is 0.900. The van der Waals surface area contributed by atoms with Crippen LogP contribution in [0, 0.1) is 17.2 Å². The summed E-state index contributed by atoms with van der Waals surface area (Å²) in [5.41, 5.74) is 0. The van der Waals surface area contributed by atoms with Crippen LogP contribution < -0.4 is 0 Å². The van der Waals surface area contributed by atoms with Gasteiger partial charge in [0.05, 0.1) is 6.07 Å². The lowest BCUT2D eigenvalue weighted by molar-refractivity contribution is 0.440. The van der Waals surface area contributed by atoms with Crippen LogP contribution >= 0.6 is 0 Å². The summed E-state index contributed by atoms with van der Waals surface area (Å²) in [7, 11) is 2.31. The van der Waals surface area contributed by atoms with E-state index in [0.29, 0.717) is 5.92 Å². The van der Waals surface area contributed by atoms with Crippen LogP contribution in [0.15, 0.2) is 0 Å². The Morgan fingerprint density at radius 2 is 1.92 bits per heavy atom. The Morgan fingerprint density at radius 1 is 1.17 bits per heavy atom. The zero-order valence-corrected chi connectivity index (χ0v) is 7.92. The number of nitriles is 1. The Morgan fingerprint density at radius 3 is 2.58 bits per heavy atom. The first-order valence-corrected chi connectivity index (χ1v) is 5.06. The first kappa shape index (κ1) is 9.64. The number of hydrogen-bond acceptors (Lipinski definition) is 1. The summed E-state index contributed by atoms with van der Waals surface area (Å²) in [5, 5.41) is 8.81.